The first-order valence-electron chi connectivity index (χ1n) is 7.96. The molecule has 2 aliphatic rings. The lowest BCUT2D eigenvalue weighted by Gasteiger charge is -2.36. The van der Waals surface area contributed by atoms with Crippen molar-refractivity contribution >= 4 is 17.7 Å². The number of thioether (sulfide) groups is 1. The van der Waals surface area contributed by atoms with Crippen molar-refractivity contribution in [2.24, 2.45) is 4.99 Å². The Morgan fingerprint density at radius 3 is 3.05 bits per heavy atom. The van der Waals surface area contributed by atoms with Crippen LogP contribution in [0.25, 0.3) is 0 Å². The zero-order valence-electron chi connectivity index (χ0n) is 13.0. The van der Waals surface area contributed by atoms with Crippen LogP contribution in [0.4, 0.5) is 0 Å². The lowest BCUT2D eigenvalue weighted by atomic mass is 9.78. The Morgan fingerprint density at radius 1 is 1.43 bits per heavy atom. The molecule has 1 heterocycles. The van der Waals surface area contributed by atoms with Crippen LogP contribution in [0.2, 0.25) is 0 Å². The fraction of sp³-hybridized carbons (Fsp3) is 0.588. The summed E-state index contributed by atoms with van der Waals surface area (Å²) in [6, 6.07) is 8.79. The standard InChI is InChI=1S/C17H25N3S/c1-3-15-12-20(8-9-21-15)17(18-2)19-11-14-10-13-6-4-5-7-16(13)14/h4-7,14-15H,3,8-12H2,1-2H3,(H,18,19). The van der Waals surface area contributed by atoms with Crippen molar-refractivity contribution in [3.8, 4) is 0 Å². The second-order valence-corrected chi connectivity index (χ2v) is 7.28. The van der Waals surface area contributed by atoms with Gasteiger partial charge in [0, 0.05) is 43.6 Å². The van der Waals surface area contributed by atoms with Gasteiger partial charge < -0.3 is 10.2 Å². The molecule has 1 aromatic rings. The number of fused-ring (bicyclic) bond motifs is 1. The number of nitrogens with zero attached hydrogens (tertiary/aromatic N) is 2. The van der Waals surface area contributed by atoms with Crippen LogP contribution in [0.3, 0.4) is 0 Å². The first kappa shape index (κ1) is 14.8. The molecule has 3 rings (SSSR count). The molecule has 0 aromatic heterocycles. The number of guanidine groups is 1. The van der Waals surface area contributed by atoms with Crippen LogP contribution in [0.15, 0.2) is 29.3 Å². The van der Waals surface area contributed by atoms with Crippen LogP contribution in [0, 0.1) is 0 Å². The third-order valence-corrected chi connectivity index (χ3v) is 5.95. The highest BCUT2D eigenvalue weighted by Crippen LogP contribution is 2.34. The average Bonchev–Trinajstić information content (AvgIpc) is 2.52. The number of rotatable bonds is 3. The third kappa shape index (κ3) is 3.20. The Kier molecular flexibility index (Phi) is 4.73. The molecular weight excluding hydrogens is 278 g/mol. The summed E-state index contributed by atoms with van der Waals surface area (Å²) in [5.41, 5.74) is 3.03. The summed E-state index contributed by atoms with van der Waals surface area (Å²) in [5, 5.41) is 4.34. The van der Waals surface area contributed by atoms with Crippen LogP contribution in [-0.2, 0) is 6.42 Å². The SMILES string of the molecule is CCC1CN(C(=NC)NCC2Cc3ccccc32)CCS1. The first-order chi connectivity index (χ1) is 10.3. The van der Waals surface area contributed by atoms with Crippen molar-refractivity contribution in [3.05, 3.63) is 35.4 Å². The zero-order valence-corrected chi connectivity index (χ0v) is 13.8. The Hall–Kier alpha value is -1.16. The number of benzene rings is 1. The van der Waals surface area contributed by atoms with Gasteiger partial charge in [-0.05, 0) is 24.0 Å². The maximum Gasteiger partial charge on any atom is 0.193 e. The van der Waals surface area contributed by atoms with Crippen LogP contribution in [-0.4, -0.2) is 48.5 Å². The molecule has 0 saturated carbocycles. The van der Waals surface area contributed by atoms with Gasteiger partial charge >= 0.3 is 0 Å². The molecule has 1 saturated heterocycles. The van der Waals surface area contributed by atoms with Crippen LogP contribution < -0.4 is 5.32 Å². The highest BCUT2D eigenvalue weighted by molar-refractivity contribution is 8.00. The second kappa shape index (κ2) is 6.73. The molecule has 2 atom stereocenters. The molecule has 1 N–H and O–H groups in total. The van der Waals surface area contributed by atoms with E-state index in [-0.39, 0.29) is 0 Å². The van der Waals surface area contributed by atoms with E-state index in [1.54, 1.807) is 0 Å². The van der Waals surface area contributed by atoms with Crippen molar-refractivity contribution in [2.75, 3.05) is 32.4 Å². The first-order valence-corrected chi connectivity index (χ1v) is 9.01. The molecule has 0 bridgehead atoms. The largest absolute Gasteiger partial charge is 0.356 e. The van der Waals surface area contributed by atoms with Crippen LogP contribution in [0.1, 0.15) is 30.4 Å². The summed E-state index contributed by atoms with van der Waals surface area (Å²) in [4.78, 5) is 6.91. The highest BCUT2D eigenvalue weighted by atomic mass is 32.2. The van der Waals surface area contributed by atoms with Crippen molar-refractivity contribution < 1.29 is 0 Å². The molecule has 21 heavy (non-hydrogen) atoms. The Morgan fingerprint density at radius 2 is 2.29 bits per heavy atom. The predicted molar refractivity (Wildman–Crippen MR) is 92.4 cm³/mol. The molecule has 114 valence electrons. The van der Waals surface area contributed by atoms with Gasteiger partial charge in [0.05, 0.1) is 0 Å². The highest BCUT2D eigenvalue weighted by Gasteiger charge is 2.27. The molecule has 0 spiro atoms. The smallest absolute Gasteiger partial charge is 0.193 e. The molecule has 0 radical (unpaired) electrons. The van der Waals surface area contributed by atoms with Crippen molar-refractivity contribution in [1.29, 1.82) is 0 Å². The minimum atomic E-state index is 0.652. The van der Waals surface area contributed by atoms with E-state index in [1.165, 1.54) is 29.7 Å². The van der Waals surface area contributed by atoms with Gasteiger partial charge in [-0.3, -0.25) is 4.99 Å². The molecule has 0 amide bonds. The third-order valence-electron chi connectivity index (χ3n) is 4.57. The Bertz CT molecular complexity index is 515. The fourth-order valence-electron chi connectivity index (χ4n) is 3.25. The van der Waals surface area contributed by atoms with Gasteiger partial charge in [-0.2, -0.15) is 11.8 Å². The molecule has 3 nitrogen and oxygen atoms in total. The molecule has 1 fully saturated rings. The van der Waals surface area contributed by atoms with Gasteiger partial charge in [0.2, 0.25) is 0 Å². The zero-order chi connectivity index (χ0) is 14.7. The number of hydrogen-bond donors (Lipinski definition) is 1. The molecule has 4 heteroatoms. The van der Waals surface area contributed by atoms with Gasteiger partial charge in [0.15, 0.2) is 5.96 Å². The summed E-state index contributed by atoms with van der Waals surface area (Å²) in [6.07, 6.45) is 2.45. The van der Waals surface area contributed by atoms with E-state index in [4.69, 9.17) is 0 Å². The average molecular weight is 303 g/mol. The minimum Gasteiger partial charge on any atom is -0.356 e. The fourth-order valence-corrected chi connectivity index (χ4v) is 4.43. The summed E-state index contributed by atoms with van der Waals surface area (Å²) in [5.74, 6) is 2.95. The van der Waals surface area contributed by atoms with Gasteiger partial charge in [0.25, 0.3) is 0 Å². The molecule has 2 unspecified atom stereocenters. The van der Waals surface area contributed by atoms with Crippen molar-refractivity contribution in [1.82, 2.24) is 10.2 Å². The minimum absolute atomic E-state index is 0.652. The van der Waals surface area contributed by atoms with E-state index in [1.807, 2.05) is 7.05 Å². The van der Waals surface area contributed by atoms with E-state index >= 15 is 0 Å². The lowest BCUT2D eigenvalue weighted by molar-refractivity contribution is 0.404. The topological polar surface area (TPSA) is 27.6 Å². The second-order valence-electron chi connectivity index (χ2n) is 5.88. The Balaban J connectivity index is 1.54. The summed E-state index contributed by atoms with van der Waals surface area (Å²) in [7, 11) is 1.90. The summed E-state index contributed by atoms with van der Waals surface area (Å²) in [6.45, 7) is 5.52. The molecule has 1 aliphatic carbocycles. The van der Waals surface area contributed by atoms with Gasteiger partial charge in [-0.15, -0.1) is 0 Å². The monoisotopic (exact) mass is 303 g/mol. The molecular formula is C17H25N3S. The normalized spacial score (nSPS) is 25.2. The van der Waals surface area contributed by atoms with Gasteiger partial charge in [-0.1, -0.05) is 31.2 Å². The predicted octanol–water partition coefficient (Wildman–Crippen LogP) is 2.73. The van der Waals surface area contributed by atoms with Gasteiger partial charge in [0.1, 0.15) is 0 Å². The van der Waals surface area contributed by atoms with E-state index in [0.717, 1.165) is 30.8 Å². The van der Waals surface area contributed by atoms with E-state index in [0.29, 0.717) is 5.92 Å². The van der Waals surface area contributed by atoms with E-state index in [2.05, 4.69) is 58.2 Å². The number of nitrogens with one attached hydrogen (secondary N) is 1. The summed E-state index contributed by atoms with van der Waals surface area (Å²) >= 11 is 2.10. The van der Waals surface area contributed by atoms with Crippen LogP contribution in [0.5, 0.6) is 0 Å². The van der Waals surface area contributed by atoms with Gasteiger partial charge in [-0.25, -0.2) is 0 Å². The van der Waals surface area contributed by atoms with Crippen LogP contribution >= 0.6 is 11.8 Å². The number of hydrogen-bond acceptors (Lipinski definition) is 2. The molecule has 1 aliphatic heterocycles. The van der Waals surface area contributed by atoms with E-state index in [9.17, 15) is 0 Å². The van der Waals surface area contributed by atoms with E-state index < -0.39 is 0 Å². The Labute approximate surface area is 132 Å². The number of aliphatic imine (C=N–C) groups is 1. The van der Waals surface area contributed by atoms with Crippen molar-refractivity contribution in [3.63, 3.8) is 0 Å². The maximum atomic E-state index is 4.49. The lowest BCUT2D eigenvalue weighted by Crippen LogP contribution is -2.49. The molecule has 1 aromatic carbocycles. The maximum absolute atomic E-state index is 4.49. The quantitative estimate of drug-likeness (QED) is 0.687. The summed E-state index contributed by atoms with van der Waals surface area (Å²) < 4.78 is 0. The van der Waals surface area contributed by atoms with Crippen molar-refractivity contribution in [2.45, 2.75) is 30.9 Å².